The Balaban J connectivity index is 1.64. The van der Waals surface area contributed by atoms with Crippen molar-refractivity contribution < 1.29 is 29.0 Å². The first kappa shape index (κ1) is 22.3. The minimum atomic E-state index is -1.15. The summed E-state index contributed by atoms with van der Waals surface area (Å²) >= 11 is 0. The molecule has 0 saturated heterocycles. The van der Waals surface area contributed by atoms with Crippen LogP contribution in [0.15, 0.2) is 48.5 Å². The number of rotatable bonds is 9. The van der Waals surface area contributed by atoms with Crippen molar-refractivity contribution in [2.45, 2.75) is 31.3 Å². The highest BCUT2D eigenvalue weighted by Crippen LogP contribution is 2.44. The average Bonchev–Trinajstić information content (AvgIpc) is 3.09. The highest BCUT2D eigenvalue weighted by atomic mass is 16.5. The maximum atomic E-state index is 12.4. The summed E-state index contributed by atoms with van der Waals surface area (Å²) in [4.78, 5) is 36.0. The number of alkyl carbamates (subject to hydrolysis) is 1. The fourth-order valence-electron chi connectivity index (χ4n) is 3.74. The molecular formula is C23H26N2O6. The summed E-state index contributed by atoms with van der Waals surface area (Å²) in [5, 5.41) is 14.0. The third-order valence-corrected chi connectivity index (χ3v) is 5.31. The SMILES string of the molecule is CCC(NC(=O)C(COC)NC(=O)OCC1c2ccccc2-c2ccccc21)C(=O)O. The maximum Gasteiger partial charge on any atom is 0.407 e. The molecule has 0 aromatic heterocycles. The van der Waals surface area contributed by atoms with Gasteiger partial charge in [0.15, 0.2) is 0 Å². The monoisotopic (exact) mass is 426 g/mol. The number of hydrogen-bond acceptors (Lipinski definition) is 5. The van der Waals surface area contributed by atoms with Gasteiger partial charge >= 0.3 is 12.1 Å². The molecule has 3 N–H and O–H groups in total. The van der Waals surface area contributed by atoms with Crippen molar-refractivity contribution in [2.24, 2.45) is 0 Å². The van der Waals surface area contributed by atoms with E-state index in [0.717, 1.165) is 22.3 Å². The molecule has 8 nitrogen and oxygen atoms in total. The standard InChI is InChI=1S/C23H26N2O6/c1-3-19(22(27)28)24-21(26)20(13-30-2)25-23(29)31-12-18-16-10-6-4-8-14(16)15-9-5-7-11-17(15)18/h4-11,18-20H,3,12-13H2,1-2H3,(H,24,26)(H,25,29)(H,27,28). The van der Waals surface area contributed by atoms with E-state index >= 15 is 0 Å². The van der Waals surface area contributed by atoms with Crippen LogP contribution in [0.2, 0.25) is 0 Å². The van der Waals surface area contributed by atoms with Crippen molar-refractivity contribution in [3.05, 3.63) is 59.7 Å². The van der Waals surface area contributed by atoms with Gasteiger partial charge in [-0.05, 0) is 28.7 Å². The number of carbonyl (C=O) groups is 3. The number of carbonyl (C=O) groups excluding carboxylic acids is 2. The van der Waals surface area contributed by atoms with E-state index in [1.54, 1.807) is 6.92 Å². The topological polar surface area (TPSA) is 114 Å². The highest BCUT2D eigenvalue weighted by molar-refractivity contribution is 5.89. The third-order valence-electron chi connectivity index (χ3n) is 5.31. The zero-order chi connectivity index (χ0) is 22.4. The molecule has 2 unspecified atom stereocenters. The Morgan fingerprint density at radius 1 is 0.968 bits per heavy atom. The van der Waals surface area contributed by atoms with Crippen LogP contribution in [0.3, 0.4) is 0 Å². The van der Waals surface area contributed by atoms with Crippen LogP contribution in [-0.2, 0) is 19.1 Å². The molecule has 31 heavy (non-hydrogen) atoms. The zero-order valence-corrected chi connectivity index (χ0v) is 17.5. The minimum absolute atomic E-state index is 0.105. The molecule has 3 rings (SSSR count). The predicted octanol–water partition coefficient (Wildman–Crippen LogP) is 2.52. The molecule has 2 atom stereocenters. The van der Waals surface area contributed by atoms with Gasteiger partial charge in [-0.25, -0.2) is 9.59 Å². The van der Waals surface area contributed by atoms with E-state index < -0.39 is 30.1 Å². The van der Waals surface area contributed by atoms with Crippen LogP contribution >= 0.6 is 0 Å². The van der Waals surface area contributed by atoms with E-state index in [9.17, 15) is 14.4 Å². The number of ether oxygens (including phenoxy) is 2. The average molecular weight is 426 g/mol. The Morgan fingerprint density at radius 3 is 2.06 bits per heavy atom. The Bertz CT molecular complexity index is 915. The molecule has 0 spiro atoms. The van der Waals surface area contributed by atoms with Crippen molar-refractivity contribution >= 4 is 18.0 Å². The van der Waals surface area contributed by atoms with Gasteiger partial charge in [-0.15, -0.1) is 0 Å². The summed E-state index contributed by atoms with van der Waals surface area (Å²) < 4.78 is 10.4. The van der Waals surface area contributed by atoms with Gasteiger partial charge in [0, 0.05) is 13.0 Å². The highest BCUT2D eigenvalue weighted by Gasteiger charge is 2.30. The number of fused-ring (bicyclic) bond motifs is 3. The van der Waals surface area contributed by atoms with E-state index in [4.69, 9.17) is 14.6 Å². The summed E-state index contributed by atoms with van der Waals surface area (Å²) in [7, 11) is 1.38. The number of aliphatic carboxylic acids is 1. The Labute approximate surface area is 180 Å². The molecule has 0 bridgehead atoms. The van der Waals surface area contributed by atoms with Gasteiger partial charge in [-0.1, -0.05) is 55.5 Å². The summed E-state index contributed by atoms with van der Waals surface area (Å²) in [5.74, 6) is -1.90. The van der Waals surface area contributed by atoms with Gasteiger partial charge in [-0.3, -0.25) is 4.79 Å². The van der Waals surface area contributed by atoms with Crippen LogP contribution in [0.25, 0.3) is 11.1 Å². The molecule has 1 aliphatic carbocycles. The summed E-state index contributed by atoms with van der Waals surface area (Å²) in [6.45, 7) is 1.63. The first-order chi connectivity index (χ1) is 15.0. The van der Waals surface area contributed by atoms with E-state index in [2.05, 4.69) is 10.6 Å². The Hall–Kier alpha value is -3.39. The minimum Gasteiger partial charge on any atom is -0.480 e. The zero-order valence-electron chi connectivity index (χ0n) is 17.5. The second-order valence-corrected chi connectivity index (χ2v) is 7.29. The molecule has 0 fully saturated rings. The number of carboxylic acids is 1. The number of benzene rings is 2. The lowest BCUT2D eigenvalue weighted by atomic mass is 9.98. The molecule has 164 valence electrons. The van der Waals surface area contributed by atoms with Gasteiger partial charge in [-0.2, -0.15) is 0 Å². The van der Waals surface area contributed by atoms with Crippen molar-refractivity contribution in [2.75, 3.05) is 20.3 Å². The number of carboxylic acid groups (broad SMARTS) is 1. The van der Waals surface area contributed by atoms with E-state index in [0.29, 0.717) is 0 Å². The van der Waals surface area contributed by atoms with Gasteiger partial charge in [0.1, 0.15) is 18.7 Å². The molecule has 0 aliphatic heterocycles. The van der Waals surface area contributed by atoms with Crippen molar-refractivity contribution in [3.8, 4) is 11.1 Å². The van der Waals surface area contributed by atoms with Crippen molar-refractivity contribution in [1.29, 1.82) is 0 Å². The molecular weight excluding hydrogens is 400 g/mol. The lowest BCUT2D eigenvalue weighted by molar-refractivity contribution is -0.142. The van der Waals surface area contributed by atoms with E-state index in [1.807, 2.05) is 48.5 Å². The normalized spacial score (nSPS) is 14.1. The summed E-state index contributed by atoms with van der Waals surface area (Å²) in [6, 6.07) is 13.8. The third kappa shape index (κ3) is 5.03. The molecule has 2 aromatic rings. The second kappa shape index (κ2) is 10.1. The maximum absolute atomic E-state index is 12.4. The van der Waals surface area contributed by atoms with Gasteiger partial charge < -0.3 is 25.2 Å². The molecule has 2 aromatic carbocycles. The quantitative estimate of drug-likeness (QED) is 0.568. The van der Waals surface area contributed by atoms with Crippen LogP contribution < -0.4 is 10.6 Å². The first-order valence-corrected chi connectivity index (χ1v) is 10.1. The van der Waals surface area contributed by atoms with Crippen LogP contribution in [-0.4, -0.2) is 55.5 Å². The Morgan fingerprint density at radius 2 is 1.55 bits per heavy atom. The summed E-state index contributed by atoms with van der Waals surface area (Å²) in [6.07, 6.45) is -0.562. The molecule has 0 heterocycles. The molecule has 8 heteroatoms. The number of methoxy groups -OCH3 is 1. The molecule has 0 saturated carbocycles. The molecule has 0 radical (unpaired) electrons. The smallest absolute Gasteiger partial charge is 0.407 e. The second-order valence-electron chi connectivity index (χ2n) is 7.29. The largest absolute Gasteiger partial charge is 0.480 e. The van der Waals surface area contributed by atoms with Crippen molar-refractivity contribution in [3.63, 3.8) is 0 Å². The van der Waals surface area contributed by atoms with Crippen LogP contribution in [0, 0.1) is 0 Å². The number of amides is 2. The fraction of sp³-hybridized carbons (Fsp3) is 0.348. The first-order valence-electron chi connectivity index (χ1n) is 10.1. The molecule has 2 amide bonds. The van der Waals surface area contributed by atoms with Crippen LogP contribution in [0.1, 0.15) is 30.4 Å². The van der Waals surface area contributed by atoms with Gasteiger partial charge in [0.2, 0.25) is 5.91 Å². The number of nitrogens with one attached hydrogen (secondary N) is 2. The molecule has 1 aliphatic rings. The van der Waals surface area contributed by atoms with Crippen LogP contribution in [0.4, 0.5) is 4.79 Å². The lowest BCUT2D eigenvalue weighted by Crippen LogP contribution is -2.53. The van der Waals surface area contributed by atoms with Crippen LogP contribution in [0.5, 0.6) is 0 Å². The van der Waals surface area contributed by atoms with Crippen molar-refractivity contribution in [1.82, 2.24) is 10.6 Å². The predicted molar refractivity (Wildman–Crippen MR) is 114 cm³/mol. The summed E-state index contributed by atoms with van der Waals surface area (Å²) in [5.41, 5.74) is 4.39. The fourth-order valence-corrected chi connectivity index (χ4v) is 3.74. The van der Waals surface area contributed by atoms with E-state index in [1.165, 1.54) is 7.11 Å². The van der Waals surface area contributed by atoms with Gasteiger partial charge in [0.25, 0.3) is 0 Å². The Kier molecular flexibility index (Phi) is 7.25. The lowest BCUT2D eigenvalue weighted by Gasteiger charge is -2.21. The van der Waals surface area contributed by atoms with Gasteiger partial charge in [0.05, 0.1) is 6.61 Å². The number of hydrogen-bond donors (Lipinski definition) is 3. The van der Waals surface area contributed by atoms with E-state index in [-0.39, 0.29) is 25.6 Å².